The number of morpholine rings is 1. The van der Waals surface area contributed by atoms with Gasteiger partial charge in [-0.2, -0.15) is 4.37 Å². The van der Waals surface area contributed by atoms with Crippen LogP contribution in [0.5, 0.6) is 0 Å². The molecule has 0 amide bonds. The van der Waals surface area contributed by atoms with Crippen LogP contribution >= 0.6 is 11.5 Å². The Labute approximate surface area is 116 Å². The van der Waals surface area contributed by atoms with E-state index in [1.54, 1.807) is 6.33 Å². The Morgan fingerprint density at radius 1 is 1.21 bits per heavy atom. The van der Waals surface area contributed by atoms with Gasteiger partial charge in [0.2, 0.25) is 0 Å². The lowest BCUT2D eigenvalue weighted by Gasteiger charge is -2.26. The molecule has 1 saturated heterocycles. The van der Waals surface area contributed by atoms with Gasteiger partial charge in [0.05, 0.1) is 13.2 Å². The average molecular weight is 273 g/mol. The van der Waals surface area contributed by atoms with E-state index in [1.807, 2.05) is 18.2 Å². The maximum Gasteiger partial charge on any atom is 0.145 e. The highest BCUT2D eigenvalue weighted by Crippen LogP contribution is 2.24. The Balaban J connectivity index is 1.94. The third kappa shape index (κ3) is 3.00. The largest absolute Gasteiger partial charge is 0.378 e. The monoisotopic (exact) mass is 273 g/mol. The maximum atomic E-state index is 5.38. The number of hydrogen-bond acceptors (Lipinski definition) is 5. The molecule has 3 rings (SSSR count). The molecule has 98 valence electrons. The van der Waals surface area contributed by atoms with Crippen LogP contribution in [0.1, 0.15) is 10.6 Å². The molecule has 1 aliphatic heterocycles. The van der Waals surface area contributed by atoms with Gasteiger partial charge in [-0.3, -0.25) is 0 Å². The molecule has 2 heterocycles. The molecule has 0 N–H and O–H groups in total. The second kappa shape index (κ2) is 5.95. The van der Waals surface area contributed by atoms with Crippen LogP contribution in [0.4, 0.5) is 0 Å². The van der Waals surface area contributed by atoms with Crippen molar-refractivity contribution in [1.82, 2.24) is 14.3 Å². The van der Waals surface area contributed by atoms with E-state index < -0.39 is 0 Å². The van der Waals surface area contributed by atoms with Gasteiger partial charge in [0.15, 0.2) is 0 Å². The summed E-state index contributed by atoms with van der Waals surface area (Å²) in [7, 11) is 0. The molecular formula is C14H15N3OS. The lowest BCUT2D eigenvalue weighted by atomic mass is 10.1. The molecule has 1 aromatic carbocycles. The van der Waals surface area contributed by atoms with Gasteiger partial charge in [0, 0.05) is 24.9 Å². The standard InChI is InChI=1S/C14H15N3OS/c1-2-4-12(5-3-1)13(14-15-11-16-19-14)10-17-6-8-18-9-7-17/h1-5,10-11H,6-9H2/b13-10-. The van der Waals surface area contributed by atoms with Crippen LogP contribution in [-0.4, -0.2) is 40.6 Å². The molecule has 2 aromatic rings. The van der Waals surface area contributed by atoms with Gasteiger partial charge < -0.3 is 9.64 Å². The topological polar surface area (TPSA) is 38.2 Å². The normalized spacial score (nSPS) is 16.6. The van der Waals surface area contributed by atoms with Crippen molar-refractivity contribution >= 4 is 17.1 Å². The van der Waals surface area contributed by atoms with Gasteiger partial charge >= 0.3 is 0 Å². The first kappa shape index (κ1) is 12.3. The highest BCUT2D eigenvalue weighted by molar-refractivity contribution is 7.06. The van der Waals surface area contributed by atoms with E-state index in [4.69, 9.17) is 4.74 Å². The van der Waals surface area contributed by atoms with Crippen molar-refractivity contribution in [3.63, 3.8) is 0 Å². The van der Waals surface area contributed by atoms with Crippen LogP contribution in [0, 0.1) is 0 Å². The molecule has 0 aliphatic carbocycles. The molecule has 0 unspecified atom stereocenters. The lowest BCUT2D eigenvalue weighted by molar-refractivity contribution is 0.0596. The molecular weight excluding hydrogens is 258 g/mol. The van der Waals surface area contributed by atoms with Gasteiger partial charge in [0.25, 0.3) is 0 Å². The Kier molecular flexibility index (Phi) is 3.86. The number of benzene rings is 1. The zero-order valence-electron chi connectivity index (χ0n) is 10.5. The smallest absolute Gasteiger partial charge is 0.145 e. The molecule has 0 radical (unpaired) electrons. The van der Waals surface area contributed by atoms with E-state index in [-0.39, 0.29) is 0 Å². The molecule has 1 aromatic heterocycles. The van der Waals surface area contributed by atoms with Gasteiger partial charge in [0.1, 0.15) is 11.3 Å². The van der Waals surface area contributed by atoms with Gasteiger partial charge in [-0.25, -0.2) is 4.98 Å². The minimum Gasteiger partial charge on any atom is -0.378 e. The van der Waals surface area contributed by atoms with Crippen LogP contribution in [-0.2, 0) is 4.74 Å². The van der Waals surface area contributed by atoms with Crippen molar-refractivity contribution in [2.45, 2.75) is 0 Å². The van der Waals surface area contributed by atoms with Crippen molar-refractivity contribution in [1.29, 1.82) is 0 Å². The lowest BCUT2D eigenvalue weighted by Crippen LogP contribution is -2.32. The molecule has 0 saturated carbocycles. The van der Waals surface area contributed by atoms with E-state index in [0.29, 0.717) is 0 Å². The van der Waals surface area contributed by atoms with Crippen LogP contribution in [0.2, 0.25) is 0 Å². The summed E-state index contributed by atoms with van der Waals surface area (Å²) >= 11 is 1.43. The Hall–Kier alpha value is -1.72. The summed E-state index contributed by atoms with van der Waals surface area (Å²) in [5.74, 6) is 0. The average Bonchev–Trinajstić information content (AvgIpc) is 3.01. The quantitative estimate of drug-likeness (QED) is 0.860. The van der Waals surface area contributed by atoms with Crippen LogP contribution < -0.4 is 0 Å². The predicted octanol–water partition coefficient (Wildman–Crippen LogP) is 2.26. The summed E-state index contributed by atoms with van der Waals surface area (Å²) in [4.78, 5) is 6.62. The Morgan fingerprint density at radius 3 is 2.68 bits per heavy atom. The van der Waals surface area contributed by atoms with E-state index >= 15 is 0 Å². The summed E-state index contributed by atoms with van der Waals surface area (Å²) < 4.78 is 9.49. The number of hydrogen-bond donors (Lipinski definition) is 0. The fraction of sp³-hybridized carbons (Fsp3) is 0.286. The third-order valence-corrected chi connectivity index (χ3v) is 3.73. The molecule has 4 nitrogen and oxygen atoms in total. The number of aromatic nitrogens is 2. The Morgan fingerprint density at radius 2 is 2.00 bits per heavy atom. The first-order valence-corrected chi connectivity index (χ1v) is 7.07. The zero-order chi connectivity index (χ0) is 12.9. The first-order valence-electron chi connectivity index (χ1n) is 6.29. The van der Waals surface area contributed by atoms with Crippen LogP contribution in [0.3, 0.4) is 0 Å². The number of ether oxygens (including phenoxy) is 1. The highest BCUT2D eigenvalue weighted by Gasteiger charge is 2.12. The zero-order valence-corrected chi connectivity index (χ0v) is 11.3. The fourth-order valence-corrected chi connectivity index (χ4v) is 2.61. The minimum absolute atomic E-state index is 0.786. The SMILES string of the molecule is C(=C(\c1ccccc1)c1ncns1)/N1CCOCC1. The molecule has 1 aliphatic rings. The van der Waals surface area contributed by atoms with E-state index in [9.17, 15) is 0 Å². The minimum atomic E-state index is 0.786. The molecule has 1 fully saturated rings. The molecule has 0 spiro atoms. The van der Waals surface area contributed by atoms with Crippen molar-refractivity contribution < 1.29 is 4.74 Å². The second-order valence-corrected chi connectivity index (χ2v) is 5.08. The van der Waals surface area contributed by atoms with E-state index in [2.05, 4.69) is 32.6 Å². The molecule has 19 heavy (non-hydrogen) atoms. The predicted molar refractivity (Wildman–Crippen MR) is 75.8 cm³/mol. The van der Waals surface area contributed by atoms with E-state index in [1.165, 1.54) is 17.1 Å². The van der Waals surface area contributed by atoms with Crippen molar-refractivity contribution in [2.24, 2.45) is 0 Å². The summed E-state index contributed by atoms with van der Waals surface area (Å²) in [6.07, 6.45) is 3.79. The van der Waals surface area contributed by atoms with Crippen LogP contribution in [0.15, 0.2) is 42.9 Å². The second-order valence-electron chi connectivity index (χ2n) is 4.30. The summed E-state index contributed by atoms with van der Waals surface area (Å²) in [6, 6.07) is 10.3. The molecule has 5 heteroatoms. The van der Waals surface area contributed by atoms with Gasteiger partial charge in [-0.05, 0) is 17.1 Å². The van der Waals surface area contributed by atoms with Crippen molar-refractivity contribution in [3.05, 3.63) is 53.4 Å². The van der Waals surface area contributed by atoms with Crippen molar-refractivity contribution in [2.75, 3.05) is 26.3 Å². The van der Waals surface area contributed by atoms with Crippen molar-refractivity contribution in [3.8, 4) is 0 Å². The van der Waals surface area contributed by atoms with E-state index in [0.717, 1.165) is 36.9 Å². The Bertz CT molecular complexity index is 533. The third-order valence-electron chi connectivity index (χ3n) is 3.03. The van der Waals surface area contributed by atoms with Gasteiger partial charge in [-0.1, -0.05) is 30.3 Å². The molecule has 0 bridgehead atoms. The first-order chi connectivity index (χ1) is 9.43. The number of nitrogens with zero attached hydrogens (tertiary/aromatic N) is 3. The fourth-order valence-electron chi connectivity index (χ4n) is 2.05. The summed E-state index contributed by atoms with van der Waals surface area (Å²) in [6.45, 7) is 3.42. The summed E-state index contributed by atoms with van der Waals surface area (Å²) in [5.41, 5.74) is 2.30. The maximum absolute atomic E-state index is 5.38. The van der Waals surface area contributed by atoms with Crippen LogP contribution in [0.25, 0.3) is 5.57 Å². The van der Waals surface area contributed by atoms with Gasteiger partial charge in [-0.15, -0.1) is 0 Å². The summed E-state index contributed by atoms with van der Waals surface area (Å²) in [5, 5.41) is 0.956. The highest BCUT2D eigenvalue weighted by atomic mass is 32.1. The number of rotatable bonds is 3. The molecule has 0 atom stereocenters.